The number of hydrogen-bond acceptors (Lipinski definition) is 4. The summed E-state index contributed by atoms with van der Waals surface area (Å²) in [4.78, 5) is 18.3. The standard InChI is InChI=1S/C17H19N3O3S/c1-24(22,23)19(12-14-5-4-9-18-11-14)13-17(21)20-10-8-15-6-2-3-7-16(15)20/h2-7,9,11H,8,10,12-13H2,1H3. The minimum absolute atomic E-state index is 0.133. The molecule has 0 N–H and O–H groups in total. The van der Waals surface area contributed by atoms with E-state index in [-0.39, 0.29) is 19.0 Å². The van der Waals surface area contributed by atoms with E-state index in [2.05, 4.69) is 4.98 Å². The van der Waals surface area contributed by atoms with Crippen LogP contribution in [0.4, 0.5) is 5.69 Å². The molecule has 0 saturated heterocycles. The van der Waals surface area contributed by atoms with Crippen molar-refractivity contribution in [2.75, 3.05) is 24.2 Å². The lowest BCUT2D eigenvalue weighted by atomic mass is 10.2. The van der Waals surface area contributed by atoms with Crippen LogP contribution in [0.3, 0.4) is 0 Å². The average Bonchev–Trinajstić information content (AvgIpc) is 2.98. The highest BCUT2D eigenvalue weighted by atomic mass is 32.2. The van der Waals surface area contributed by atoms with E-state index in [0.29, 0.717) is 6.54 Å². The van der Waals surface area contributed by atoms with Crippen molar-refractivity contribution >= 4 is 21.6 Å². The second kappa shape index (κ2) is 6.70. The van der Waals surface area contributed by atoms with Gasteiger partial charge in [-0.15, -0.1) is 0 Å². The molecule has 0 bridgehead atoms. The van der Waals surface area contributed by atoms with Crippen molar-refractivity contribution in [2.24, 2.45) is 0 Å². The molecule has 0 fully saturated rings. The molecule has 1 aliphatic heterocycles. The molecule has 24 heavy (non-hydrogen) atoms. The maximum atomic E-state index is 12.7. The van der Waals surface area contributed by atoms with E-state index in [4.69, 9.17) is 0 Å². The lowest BCUT2D eigenvalue weighted by Gasteiger charge is -2.23. The van der Waals surface area contributed by atoms with Crippen LogP contribution in [0.5, 0.6) is 0 Å². The van der Waals surface area contributed by atoms with Gasteiger partial charge in [-0.25, -0.2) is 8.42 Å². The Morgan fingerprint density at radius 1 is 1.25 bits per heavy atom. The molecule has 0 spiro atoms. The smallest absolute Gasteiger partial charge is 0.242 e. The highest BCUT2D eigenvalue weighted by molar-refractivity contribution is 7.88. The minimum Gasteiger partial charge on any atom is -0.311 e. The Kier molecular flexibility index (Phi) is 4.64. The van der Waals surface area contributed by atoms with Gasteiger partial charge in [0, 0.05) is 31.2 Å². The highest BCUT2D eigenvalue weighted by Crippen LogP contribution is 2.27. The first-order valence-corrected chi connectivity index (χ1v) is 9.52. The summed E-state index contributed by atoms with van der Waals surface area (Å²) in [6, 6.07) is 11.3. The molecular formula is C17H19N3O3S. The second-order valence-electron chi connectivity index (χ2n) is 5.82. The van der Waals surface area contributed by atoms with Crippen molar-refractivity contribution in [1.29, 1.82) is 0 Å². The number of para-hydroxylation sites is 1. The average molecular weight is 345 g/mol. The zero-order chi connectivity index (χ0) is 17.2. The molecule has 2 aromatic rings. The Hall–Kier alpha value is -2.25. The largest absolute Gasteiger partial charge is 0.311 e. The van der Waals surface area contributed by atoms with Crippen LogP contribution in [-0.2, 0) is 27.8 Å². The first kappa shape index (κ1) is 16.6. The van der Waals surface area contributed by atoms with Gasteiger partial charge in [-0.1, -0.05) is 24.3 Å². The Morgan fingerprint density at radius 2 is 2.04 bits per heavy atom. The van der Waals surface area contributed by atoms with Crippen molar-refractivity contribution in [3.8, 4) is 0 Å². The number of fused-ring (bicyclic) bond motifs is 1. The van der Waals surface area contributed by atoms with E-state index in [0.717, 1.165) is 29.5 Å². The number of aromatic nitrogens is 1. The van der Waals surface area contributed by atoms with Crippen LogP contribution in [-0.4, -0.2) is 43.0 Å². The van der Waals surface area contributed by atoms with Gasteiger partial charge in [-0.05, 0) is 29.7 Å². The molecular weight excluding hydrogens is 326 g/mol. The fourth-order valence-corrected chi connectivity index (χ4v) is 3.55. The first-order valence-electron chi connectivity index (χ1n) is 7.67. The van der Waals surface area contributed by atoms with Gasteiger partial charge in [-0.3, -0.25) is 9.78 Å². The van der Waals surface area contributed by atoms with Crippen LogP contribution in [0, 0.1) is 0 Å². The van der Waals surface area contributed by atoms with Crippen LogP contribution >= 0.6 is 0 Å². The molecule has 3 rings (SSSR count). The number of benzene rings is 1. The molecule has 0 atom stereocenters. The molecule has 0 unspecified atom stereocenters. The molecule has 0 aliphatic carbocycles. The summed E-state index contributed by atoms with van der Waals surface area (Å²) in [5, 5.41) is 0. The van der Waals surface area contributed by atoms with E-state index in [9.17, 15) is 13.2 Å². The predicted molar refractivity (Wildman–Crippen MR) is 92.0 cm³/mol. The topological polar surface area (TPSA) is 70.6 Å². The van der Waals surface area contributed by atoms with E-state index in [1.807, 2.05) is 24.3 Å². The quantitative estimate of drug-likeness (QED) is 0.822. The number of carbonyl (C=O) groups is 1. The van der Waals surface area contributed by atoms with Crippen molar-refractivity contribution in [2.45, 2.75) is 13.0 Å². The van der Waals surface area contributed by atoms with Crippen LogP contribution < -0.4 is 4.90 Å². The summed E-state index contributed by atoms with van der Waals surface area (Å²) < 4.78 is 25.3. The molecule has 1 amide bonds. The van der Waals surface area contributed by atoms with E-state index in [1.54, 1.807) is 29.4 Å². The number of anilines is 1. The Balaban J connectivity index is 1.77. The van der Waals surface area contributed by atoms with E-state index >= 15 is 0 Å². The van der Waals surface area contributed by atoms with Gasteiger partial charge in [-0.2, -0.15) is 4.31 Å². The molecule has 0 saturated carbocycles. The van der Waals surface area contributed by atoms with Crippen LogP contribution in [0.2, 0.25) is 0 Å². The van der Waals surface area contributed by atoms with E-state index in [1.165, 1.54) is 4.31 Å². The maximum absolute atomic E-state index is 12.7. The molecule has 126 valence electrons. The van der Waals surface area contributed by atoms with Gasteiger partial charge in [0.1, 0.15) is 0 Å². The third-order valence-corrected chi connectivity index (χ3v) is 5.25. The monoisotopic (exact) mass is 345 g/mol. The number of nitrogens with zero attached hydrogens (tertiary/aromatic N) is 3. The molecule has 0 radical (unpaired) electrons. The highest BCUT2D eigenvalue weighted by Gasteiger charge is 2.28. The lowest BCUT2D eigenvalue weighted by molar-refractivity contribution is -0.118. The number of carbonyl (C=O) groups excluding carboxylic acids is 1. The van der Waals surface area contributed by atoms with Gasteiger partial charge in [0.2, 0.25) is 15.9 Å². The minimum atomic E-state index is -3.51. The van der Waals surface area contributed by atoms with Crippen LogP contribution in [0.15, 0.2) is 48.8 Å². The fourth-order valence-electron chi connectivity index (χ4n) is 2.82. The first-order chi connectivity index (χ1) is 11.4. The number of pyridine rings is 1. The summed E-state index contributed by atoms with van der Waals surface area (Å²) in [7, 11) is -3.51. The molecule has 7 heteroatoms. The van der Waals surface area contributed by atoms with Crippen molar-refractivity contribution in [3.63, 3.8) is 0 Å². The van der Waals surface area contributed by atoms with Gasteiger partial charge in [0.05, 0.1) is 12.8 Å². The summed E-state index contributed by atoms with van der Waals surface area (Å²) >= 11 is 0. The zero-order valence-corrected chi connectivity index (χ0v) is 14.2. The summed E-state index contributed by atoms with van der Waals surface area (Å²) in [5.41, 5.74) is 2.74. The van der Waals surface area contributed by atoms with Crippen LogP contribution in [0.1, 0.15) is 11.1 Å². The van der Waals surface area contributed by atoms with Gasteiger partial charge in [0.15, 0.2) is 0 Å². The Labute approximate surface area is 141 Å². The number of rotatable bonds is 5. The Morgan fingerprint density at radius 3 is 2.75 bits per heavy atom. The second-order valence-corrected chi connectivity index (χ2v) is 7.80. The predicted octanol–water partition coefficient (Wildman–Crippen LogP) is 1.43. The fraction of sp³-hybridized carbons (Fsp3) is 0.294. The maximum Gasteiger partial charge on any atom is 0.242 e. The Bertz CT molecular complexity index is 837. The van der Waals surface area contributed by atoms with Gasteiger partial charge < -0.3 is 4.90 Å². The van der Waals surface area contributed by atoms with Gasteiger partial charge in [0.25, 0.3) is 0 Å². The molecule has 6 nitrogen and oxygen atoms in total. The lowest BCUT2D eigenvalue weighted by Crippen LogP contribution is -2.41. The van der Waals surface area contributed by atoms with Crippen molar-refractivity contribution in [1.82, 2.24) is 9.29 Å². The number of amides is 1. The van der Waals surface area contributed by atoms with Gasteiger partial charge >= 0.3 is 0 Å². The summed E-state index contributed by atoms with van der Waals surface area (Å²) in [5.74, 6) is -0.214. The SMILES string of the molecule is CS(=O)(=O)N(CC(=O)N1CCc2ccccc21)Cc1cccnc1. The molecule has 1 aliphatic rings. The molecule has 2 heterocycles. The number of sulfonamides is 1. The third kappa shape index (κ3) is 3.63. The summed E-state index contributed by atoms with van der Waals surface area (Å²) in [6.07, 6.45) is 5.15. The third-order valence-electron chi connectivity index (χ3n) is 4.05. The van der Waals surface area contributed by atoms with Crippen molar-refractivity contribution in [3.05, 3.63) is 59.9 Å². The zero-order valence-electron chi connectivity index (χ0n) is 13.4. The molecule has 1 aromatic carbocycles. The normalized spacial score (nSPS) is 14.0. The van der Waals surface area contributed by atoms with E-state index < -0.39 is 10.0 Å². The van der Waals surface area contributed by atoms with Crippen LogP contribution in [0.25, 0.3) is 0 Å². The summed E-state index contributed by atoms with van der Waals surface area (Å²) in [6.45, 7) is 0.540. The van der Waals surface area contributed by atoms with Crippen molar-refractivity contribution < 1.29 is 13.2 Å². The molecule has 1 aromatic heterocycles. The number of hydrogen-bond donors (Lipinski definition) is 0.